The van der Waals surface area contributed by atoms with Gasteiger partial charge >= 0.3 is 0 Å². The molecule has 0 bridgehead atoms. The lowest BCUT2D eigenvalue weighted by molar-refractivity contribution is 0.573. The first kappa shape index (κ1) is 15.4. The molecule has 0 amide bonds. The van der Waals surface area contributed by atoms with Crippen molar-refractivity contribution in [2.45, 2.75) is 52.9 Å². The quantitative estimate of drug-likeness (QED) is 0.827. The largest absolute Gasteiger partial charge is 0.360 e. The van der Waals surface area contributed by atoms with Crippen molar-refractivity contribution in [3.05, 3.63) is 10.7 Å². The second kappa shape index (κ2) is 6.18. The third-order valence-electron chi connectivity index (χ3n) is 2.87. The number of unbranched alkanes of at least 4 members (excludes halogenated alkanes) is 1. The molecule has 0 saturated heterocycles. The molecule has 2 rings (SSSR count). The maximum absolute atomic E-state index is 4.68. The van der Waals surface area contributed by atoms with E-state index in [1.165, 1.54) is 6.42 Å². The van der Waals surface area contributed by atoms with Gasteiger partial charge in [-0.05, 0) is 13.3 Å². The van der Waals surface area contributed by atoms with E-state index in [2.05, 4.69) is 48.2 Å². The third-order valence-corrected chi connectivity index (χ3v) is 4.88. The first-order valence-electron chi connectivity index (χ1n) is 6.97. The van der Waals surface area contributed by atoms with Crippen LogP contribution in [-0.4, -0.2) is 21.7 Å². The van der Waals surface area contributed by atoms with Crippen LogP contribution in [-0.2, 0) is 5.41 Å². The molecule has 4 nitrogen and oxygen atoms in total. The Hall–Kier alpha value is -1.01. The zero-order chi connectivity index (χ0) is 14.8. The van der Waals surface area contributed by atoms with Crippen LogP contribution < -0.4 is 5.32 Å². The summed E-state index contributed by atoms with van der Waals surface area (Å²) in [6.07, 6.45) is 2.34. The standard InChI is InChI=1S/C14H22N4S2/c1-6-7-8-15-13-18-17-12(20-13)10-11(14(3,4)5)16-9(2)19-10/h6-8H2,1-5H3,(H,15,18). The van der Waals surface area contributed by atoms with E-state index < -0.39 is 0 Å². The maximum atomic E-state index is 4.68. The van der Waals surface area contributed by atoms with Gasteiger partial charge in [-0.15, -0.1) is 21.5 Å². The van der Waals surface area contributed by atoms with Gasteiger partial charge in [-0.1, -0.05) is 45.5 Å². The van der Waals surface area contributed by atoms with Crippen LogP contribution >= 0.6 is 22.7 Å². The van der Waals surface area contributed by atoms with Gasteiger partial charge in [0.15, 0.2) is 5.01 Å². The van der Waals surface area contributed by atoms with Crippen molar-refractivity contribution in [1.82, 2.24) is 15.2 Å². The molecule has 2 aromatic rings. The fourth-order valence-electron chi connectivity index (χ4n) is 1.84. The molecule has 1 N–H and O–H groups in total. The molecule has 2 aromatic heterocycles. The fraction of sp³-hybridized carbons (Fsp3) is 0.643. The van der Waals surface area contributed by atoms with Gasteiger partial charge < -0.3 is 5.32 Å². The summed E-state index contributed by atoms with van der Waals surface area (Å²) in [7, 11) is 0. The predicted octanol–water partition coefficient (Wildman–Crippen LogP) is 4.48. The van der Waals surface area contributed by atoms with Gasteiger partial charge in [0.25, 0.3) is 0 Å². The van der Waals surface area contributed by atoms with E-state index >= 15 is 0 Å². The lowest BCUT2D eigenvalue weighted by atomic mass is 9.91. The Morgan fingerprint density at radius 2 is 1.90 bits per heavy atom. The van der Waals surface area contributed by atoms with Crippen LogP contribution in [0.15, 0.2) is 0 Å². The first-order chi connectivity index (χ1) is 9.41. The molecule has 0 fully saturated rings. The van der Waals surface area contributed by atoms with Crippen molar-refractivity contribution < 1.29 is 0 Å². The van der Waals surface area contributed by atoms with Gasteiger partial charge in [0.2, 0.25) is 5.13 Å². The summed E-state index contributed by atoms with van der Waals surface area (Å²) in [5, 5.41) is 14.8. The molecule has 0 aliphatic rings. The number of hydrogen-bond donors (Lipinski definition) is 1. The average Bonchev–Trinajstić information content (AvgIpc) is 2.95. The van der Waals surface area contributed by atoms with E-state index in [4.69, 9.17) is 0 Å². The number of hydrogen-bond acceptors (Lipinski definition) is 6. The summed E-state index contributed by atoms with van der Waals surface area (Å²) in [6, 6.07) is 0. The number of nitrogens with zero attached hydrogens (tertiary/aromatic N) is 3. The monoisotopic (exact) mass is 310 g/mol. The Bertz CT molecular complexity index is 566. The summed E-state index contributed by atoms with van der Waals surface area (Å²) >= 11 is 3.32. The van der Waals surface area contributed by atoms with Gasteiger partial charge in [0.05, 0.1) is 15.6 Å². The highest BCUT2D eigenvalue weighted by Crippen LogP contribution is 2.39. The van der Waals surface area contributed by atoms with E-state index in [1.807, 2.05) is 6.92 Å². The second-order valence-corrected chi connectivity index (χ2v) is 8.03. The molecule has 0 unspecified atom stereocenters. The van der Waals surface area contributed by atoms with E-state index in [9.17, 15) is 0 Å². The van der Waals surface area contributed by atoms with Gasteiger partial charge in [0, 0.05) is 12.0 Å². The van der Waals surface area contributed by atoms with Crippen LogP contribution in [0.25, 0.3) is 9.88 Å². The van der Waals surface area contributed by atoms with Crippen molar-refractivity contribution in [3.63, 3.8) is 0 Å². The van der Waals surface area contributed by atoms with Crippen LogP contribution in [0.4, 0.5) is 5.13 Å². The van der Waals surface area contributed by atoms with Crippen LogP contribution in [0.3, 0.4) is 0 Å². The summed E-state index contributed by atoms with van der Waals surface area (Å²) in [5.74, 6) is 0. The van der Waals surface area contributed by atoms with Crippen molar-refractivity contribution in [1.29, 1.82) is 0 Å². The number of thiazole rings is 1. The van der Waals surface area contributed by atoms with Crippen molar-refractivity contribution in [2.75, 3.05) is 11.9 Å². The minimum absolute atomic E-state index is 0.0293. The molecule has 0 radical (unpaired) electrons. The minimum Gasteiger partial charge on any atom is -0.360 e. The summed E-state index contributed by atoms with van der Waals surface area (Å²) in [4.78, 5) is 5.84. The zero-order valence-corrected chi connectivity index (χ0v) is 14.4. The van der Waals surface area contributed by atoms with Gasteiger partial charge in [-0.25, -0.2) is 4.98 Å². The highest BCUT2D eigenvalue weighted by molar-refractivity contribution is 7.23. The first-order valence-corrected chi connectivity index (χ1v) is 8.60. The van der Waals surface area contributed by atoms with Crippen LogP contribution in [0.1, 0.15) is 51.2 Å². The Balaban J connectivity index is 2.24. The van der Waals surface area contributed by atoms with E-state index in [0.717, 1.165) is 38.7 Å². The van der Waals surface area contributed by atoms with E-state index in [0.29, 0.717) is 0 Å². The predicted molar refractivity (Wildman–Crippen MR) is 87.9 cm³/mol. The number of nitrogens with one attached hydrogen (secondary N) is 1. The molecule has 0 aliphatic heterocycles. The SMILES string of the molecule is CCCCNc1nnc(-c2sc(C)nc2C(C)(C)C)s1. The Morgan fingerprint density at radius 3 is 2.55 bits per heavy atom. The molecule has 0 spiro atoms. The minimum atomic E-state index is 0.0293. The number of aromatic nitrogens is 3. The van der Waals surface area contributed by atoms with Crippen LogP contribution in [0, 0.1) is 6.92 Å². The number of rotatable bonds is 5. The number of anilines is 1. The van der Waals surface area contributed by atoms with Gasteiger partial charge in [-0.3, -0.25) is 0 Å². The highest BCUT2D eigenvalue weighted by atomic mass is 32.1. The molecule has 20 heavy (non-hydrogen) atoms. The molecule has 110 valence electrons. The summed E-state index contributed by atoms with van der Waals surface area (Å²) < 4.78 is 0. The van der Waals surface area contributed by atoms with Gasteiger partial charge in [-0.2, -0.15) is 0 Å². The third kappa shape index (κ3) is 3.55. The smallest absolute Gasteiger partial charge is 0.206 e. The molecule has 0 aromatic carbocycles. The van der Waals surface area contributed by atoms with Crippen LogP contribution in [0.2, 0.25) is 0 Å². The van der Waals surface area contributed by atoms with E-state index in [1.54, 1.807) is 22.7 Å². The van der Waals surface area contributed by atoms with E-state index in [-0.39, 0.29) is 5.41 Å². The lowest BCUT2D eigenvalue weighted by Crippen LogP contribution is -2.12. The fourth-order valence-corrected chi connectivity index (χ4v) is 3.81. The maximum Gasteiger partial charge on any atom is 0.206 e. The average molecular weight is 310 g/mol. The van der Waals surface area contributed by atoms with Crippen molar-refractivity contribution in [2.24, 2.45) is 0 Å². The Kier molecular flexibility index (Phi) is 4.75. The molecule has 0 aliphatic carbocycles. The Morgan fingerprint density at radius 1 is 1.15 bits per heavy atom. The normalized spacial score (nSPS) is 11.8. The molecular formula is C14H22N4S2. The molecule has 0 saturated carbocycles. The summed E-state index contributed by atoms with van der Waals surface area (Å²) in [5.41, 5.74) is 1.15. The summed E-state index contributed by atoms with van der Waals surface area (Å²) in [6.45, 7) is 11.7. The highest BCUT2D eigenvalue weighted by Gasteiger charge is 2.25. The van der Waals surface area contributed by atoms with Crippen molar-refractivity contribution >= 4 is 27.8 Å². The molecule has 0 atom stereocenters. The number of aryl methyl sites for hydroxylation is 1. The Labute approximate surface area is 128 Å². The van der Waals surface area contributed by atoms with Crippen LogP contribution in [0.5, 0.6) is 0 Å². The molecular weight excluding hydrogens is 288 g/mol. The second-order valence-electron chi connectivity index (χ2n) is 5.85. The zero-order valence-electron chi connectivity index (χ0n) is 12.8. The van der Waals surface area contributed by atoms with Gasteiger partial charge in [0.1, 0.15) is 0 Å². The van der Waals surface area contributed by atoms with Crippen molar-refractivity contribution in [3.8, 4) is 9.88 Å². The topological polar surface area (TPSA) is 50.7 Å². The molecule has 2 heterocycles. The lowest BCUT2D eigenvalue weighted by Gasteiger charge is -2.16. The molecule has 6 heteroatoms.